The lowest BCUT2D eigenvalue weighted by atomic mass is 10.1. The highest BCUT2D eigenvalue weighted by molar-refractivity contribution is 6.32. The summed E-state index contributed by atoms with van der Waals surface area (Å²) in [6.45, 7) is 2.50. The number of rotatable bonds is 3. The smallest absolute Gasteiger partial charge is 0.323 e. The number of nitrogens with zero attached hydrogens (tertiary/aromatic N) is 3. The van der Waals surface area contributed by atoms with Crippen molar-refractivity contribution in [1.82, 2.24) is 14.7 Å². The van der Waals surface area contributed by atoms with Gasteiger partial charge in [-0.1, -0.05) is 23.7 Å². The van der Waals surface area contributed by atoms with Gasteiger partial charge in [-0.2, -0.15) is 0 Å². The first kappa shape index (κ1) is 16.3. The lowest BCUT2D eigenvalue weighted by Crippen LogP contribution is -2.33. The quantitative estimate of drug-likeness (QED) is 0.892. The Hall–Kier alpha value is -2.54. The molecule has 0 radical (unpaired) electrons. The molecule has 7 nitrogen and oxygen atoms in total. The molecule has 1 unspecified atom stereocenters. The second-order valence-corrected chi connectivity index (χ2v) is 6.14. The summed E-state index contributed by atoms with van der Waals surface area (Å²) in [6.07, 6.45) is 0.468. The van der Waals surface area contributed by atoms with Crippen LogP contribution < -0.4 is 5.32 Å². The van der Waals surface area contributed by atoms with Gasteiger partial charge in [0.05, 0.1) is 16.6 Å². The number of likely N-dealkylation sites (tertiary alicyclic amines) is 1. The van der Waals surface area contributed by atoms with Crippen molar-refractivity contribution in [2.75, 3.05) is 18.4 Å². The molecule has 1 saturated heterocycles. The zero-order chi connectivity index (χ0) is 17.3. The number of aryl methyl sites for hydroxylation is 1. The fraction of sp³-hybridized carbons (Fsp3) is 0.312. The molecule has 2 N–H and O–H groups in total. The summed E-state index contributed by atoms with van der Waals surface area (Å²) in [5, 5.41) is 16.6. The number of carbonyl (C=O) groups is 2. The van der Waals surface area contributed by atoms with Crippen LogP contribution in [0, 0.1) is 12.8 Å². The van der Waals surface area contributed by atoms with Crippen molar-refractivity contribution in [3.8, 4) is 5.69 Å². The number of carboxylic acid groups (broad SMARTS) is 1. The first-order valence-corrected chi connectivity index (χ1v) is 7.94. The number of nitrogens with one attached hydrogen (secondary N) is 1. The van der Waals surface area contributed by atoms with E-state index in [-0.39, 0.29) is 12.6 Å². The van der Waals surface area contributed by atoms with Crippen LogP contribution >= 0.6 is 11.6 Å². The maximum Gasteiger partial charge on any atom is 0.323 e. The maximum absolute atomic E-state index is 12.3. The molecular weight excluding hydrogens is 332 g/mol. The van der Waals surface area contributed by atoms with E-state index in [2.05, 4.69) is 10.4 Å². The van der Waals surface area contributed by atoms with Crippen LogP contribution in [0.15, 0.2) is 30.3 Å². The van der Waals surface area contributed by atoms with Gasteiger partial charge in [0.1, 0.15) is 0 Å². The number of anilines is 1. The Morgan fingerprint density at radius 2 is 2.12 bits per heavy atom. The van der Waals surface area contributed by atoms with Crippen molar-refractivity contribution in [1.29, 1.82) is 0 Å². The van der Waals surface area contributed by atoms with Crippen molar-refractivity contribution in [2.24, 2.45) is 5.92 Å². The maximum atomic E-state index is 12.3. The van der Waals surface area contributed by atoms with Crippen LogP contribution in [0.1, 0.15) is 12.1 Å². The highest BCUT2D eigenvalue weighted by Gasteiger charge is 2.31. The molecular formula is C16H17ClN4O3. The molecule has 0 spiro atoms. The van der Waals surface area contributed by atoms with Gasteiger partial charge in [0.2, 0.25) is 0 Å². The van der Waals surface area contributed by atoms with E-state index in [0.29, 0.717) is 23.8 Å². The number of aliphatic carboxylic acids is 1. The van der Waals surface area contributed by atoms with E-state index < -0.39 is 11.9 Å². The molecule has 24 heavy (non-hydrogen) atoms. The van der Waals surface area contributed by atoms with Crippen molar-refractivity contribution >= 4 is 29.4 Å². The summed E-state index contributed by atoms with van der Waals surface area (Å²) in [5.74, 6) is -0.974. The summed E-state index contributed by atoms with van der Waals surface area (Å²) in [4.78, 5) is 24.7. The van der Waals surface area contributed by atoms with Gasteiger partial charge in [0, 0.05) is 24.8 Å². The third-order valence-electron chi connectivity index (χ3n) is 4.03. The molecule has 8 heteroatoms. The first-order chi connectivity index (χ1) is 11.5. The number of halogens is 1. The minimum atomic E-state index is -0.871. The Bertz CT molecular complexity index is 789. The number of para-hydroxylation sites is 1. The highest BCUT2D eigenvalue weighted by Crippen LogP contribution is 2.23. The van der Waals surface area contributed by atoms with Gasteiger partial charge in [-0.3, -0.25) is 10.1 Å². The predicted octanol–water partition coefficient (Wildman–Crippen LogP) is 2.77. The fourth-order valence-electron chi connectivity index (χ4n) is 2.74. The minimum absolute atomic E-state index is 0.214. The van der Waals surface area contributed by atoms with E-state index in [1.807, 2.05) is 25.1 Å². The summed E-state index contributed by atoms with van der Waals surface area (Å²) < 4.78 is 1.65. The average Bonchev–Trinajstić information content (AvgIpc) is 3.15. The third kappa shape index (κ3) is 3.21. The summed E-state index contributed by atoms with van der Waals surface area (Å²) in [6, 6.07) is 8.70. The number of carboxylic acids is 1. The number of benzene rings is 1. The van der Waals surface area contributed by atoms with Crippen LogP contribution in [0.25, 0.3) is 5.69 Å². The lowest BCUT2D eigenvalue weighted by molar-refractivity contribution is -0.141. The number of hydrogen-bond donors (Lipinski definition) is 2. The van der Waals surface area contributed by atoms with Crippen molar-refractivity contribution in [3.63, 3.8) is 0 Å². The van der Waals surface area contributed by atoms with Crippen molar-refractivity contribution in [2.45, 2.75) is 13.3 Å². The van der Waals surface area contributed by atoms with E-state index in [1.54, 1.807) is 16.8 Å². The molecule has 1 aromatic carbocycles. The molecule has 3 rings (SSSR count). The topological polar surface area (TPSA) is 87.5 Å². The van der Waals surface area contributed by atoms with Crippen LogP contribution in [-0.4, -0.2) is 44.9 Å². The van der Waals surface area contributed by atoms with E-state index in [4.69, 9.17) is 16.7 Å². The molecule has 126 valence electrons. The molecule has 1 aliphatic rings. The summed E-state index contributed by atoms with van der Waals surface area (Å²) in [7, 11) is 0. The highest BCUT2D eigenvalue weighted by atomic mass is 35.5. The molecule has 2 aromatic rings. The molecule has 0 saturated carbocycles. The number of carbonyl (C=O) groups excluding carboxylic acids is 1. The third-order valence-corrected chi connectivity index (χ3v) is 4.35. The zero-order valence-corrected chi connectivity index (χ0v) is 13.8. The van der Waals surface area contributed by atoms with Gasteiger partial charge in [-0.15, -0.1) is 5.10 Å². The second kappa shape index (κ2) is 6.52. The number of aromatic nitrogens is 2. The fourth-order valence-corrected chi connectivity index (χ4v) is 2.95. The Morgan fingerprint density at radius 1 is 1.38 bits per heavy atom. The van der Waals surface area contributed by atoms with Gasteiger partial charge in [-0.05, 0) is 25.5 Å². The van der Waals surface area contributed by atoms with Gasteiger partial charge in [0.15, 0.2) is 5.82 Å². The normalized spacial score (nSPS) is 17.1. The van der Waals surface area contributed by atoms with E-state index in [0.717, 1.165) is 11.4 Å². The van der Waals surface area contributed by atoms with Crippen LogP contribution in [0.5, 0.6) is 0 Å². The molecule has 1 atom stereocenters. The largest absolute Gasteiger partial charge is 0.481 e. The molecule has 2 amide bonds. The molecule has 1 aliphatic heterocycles. The number of urea groups is 1. The van der Waals surface area contributed by atoms with Crippen LogP contribution in [-0.2, 0) is 4.79 Å². The zero-order valence-electron chi connectivity index (χ0n) is 13.1. The summed E-state index contributed by atoms with van der Waals surface area (Å²) >= 11 is 6.18. The van der Waals surface area contributed by atoms with Crippen molar-refractivity contribution in [3.05, 3.63) is 41.0 Å². The molecule has 0 bridgehead atoms. The van der Waals surface area contributed by atoms with Gasteiger partial charge >= 0.3 is 12.0 Å². The lowest BCUT2D eigenvalue weighted by Gasteiger charge is -2.15. The Morgan fingerprint density at radius 3 is 2.79 bits per heavy atom. The van der Waals surface area contributed by atoms with Crippen LogP contribution in [0.2, 0.25) is 5.02 Å². The molecule has 0 aliphatic carbocycles. The number of hydrogen-bond acceptors (Lipinski definition) is 3. The monoisotopic (exact) mass is 348 g/mol. The Balaban J connectivity index is 1.73. The molecule has 2 heterocycles. The van der Waals surface area contributed by atoms with Gasteiger partial charge in [0.25, 0.3) is 0 Å². The van der Waals surface area contributed by atoms with Crippen molar-refractivity contribution < 1.29 is 14.7 Å². The van der Waals surface area contributed by atoms with E-state index in [1.165, 1.54) is 4.90 Å². The summed E-state index contributed by atoms with van der Waals surface area (Å²) in [5.41, 5.74) is 1.55. The standard InChI is InChI=1S/C16H17ClN4O3/c1-10-8-14(19-21(10)13-5-3-2-4-12(13)17)18-16(24)20-7-6-11(9-20)15(22)23/h2-5,8,11H,6-7,9H2,1H3,(H,22,23)(H,18,19,24). The van der Waals surface area contributed by atoms with Crippen LogP contribution in [0.3, 0.4) is 0 Å². The Labute approximate surface area is 143 Å². The minimum Gasteiger partial charge on any atom is -0.481 e. The van der Waals surface area contributed by atoms with Gasteiger partial charge < -0.3 is 10.0 Å². The average molecular weight is 349 g/mol. The van der Waals surface area contributed by atoms with Gasteiger partial charge in [-0.25, -0.2) is 9.48 Å². The SMILES string of the molecule is Cc1cc(NC(=O)N2CCC(C(=O)O)C2)nn1-c1ccccc1Cl. The first-order valence-electron chi connectivity index (χ1n) is 7.56. The Kier molecular flexibility index (Phi) is 4.44. The van der Waals surface area contributed by atoms with Crippen LogP contribution in [0.4, 0.5) is 10.6 Å². The number of amides is 2. The molecule has 1 aromatic heterocycles. The second-order valence-electron chi connectivity index (χ2n) is 5.73. The predicted molar refractivity (Wildman–Crippen MR) is 89.6 cm³/mol. The van der Waals surface area contributed by atoms with E-state index >= 15 is 0 Å². The molecule has 1 fully saturated rings. The van der Waals surface area contributed by atoms with E-state index in [9.17, 15) is 9.59 Å².